The lowest BCUT2D eigenvalue weighted by atomic mass is 10.0. The lowest BCUT2D eigenvalue weighted by molar-refractivity contribution is 0.102. The van der Waals surface area contributed by atoms with Crippen molar-refractivity contribution in [1.82, 2.24) is 0 Å². The van der Waals surface area contributed by atoms with Gasteiger partial charge in [-0.2, -0.15) is 13.5 Å². The zero-order valence-electron chi connectivity index (χ0n) is 20.8. The number of rotatable bonds is 8. The molecule has 0 aliphatic heterocycles. The largest absolute Gasteiger partial charge is 0.505 e. The first-order chi connectivity index (χ1) is 18.6. The van der Waals surface area contributed by atoms with Crippen LogP contribution in [0.25, 0.3) is 10.8 Å². The quantitative estimate of drug-likeness (QED) is 0.142. The van der Waals surface area contributed by atoms with Gasteiger partial charge in [0, 0.05) is 10.9 Å². The van der Waals surface area contributed by atoms with Crippen LogP contribution >= 0.6 is 23.2 Å². The Labute approximate surface area is 234 Å². The van der Waals surface area contributed by atoms with Crippen molar-refractivity contribution in [2.75, 3.05) is 11.9 Å². The number of hydrogen-bond donors (Lipinski definition) is 3. The Bertz CT molecular complexity index is 1720. The van der Waals surface area contributed by atoms with Crippen molar-refractivity contribution in [3.05, 3.63) is 81.8 Å². The van der Waals surface area contributed by atoms with Crippen molar-refractivity contribution in [2.45, 2.75) is 25.2 Å². The van der Waals surface area contributed by atoms with E-state index >= 15 is 0 Å². The van der Waals surface area contributed by atoms with Crippen LogP contribution in [0.2, 0.25) is 10.0 Å². The van der Waals surface area contributed by atoms with Crippen LogP contribution in [-0.2, 0) is 16.5 Å². The fourth-order valence-electron chi connectivity index (χ4n) is 4.06. The number of nitrogens with zero attached hydrogens (tertiary/aromatic N) is 2. The third-order valence-electron chi connectivity index (χ3n) is 5.81. The smallest absolute Gasteiger partial charge is 0.296 e. The fraction of sp³-hybridized carbons (Fsp3) is 0.148. The summed E-state index contributed by atoms with van der Waals surface area (Å²) in [6.45, 7) is 3.86. The van der Waals surface area contributed by atoms with E-state index in [0.717, 1.165) is 0 Å². The number of ether oxygens (including phenoxy) is 1. The number of carbonyl (C=O) groups is 1. The molecule has 39 heavy (non-hydrogen) atoms. The van der Waals surface area contributed by atoms with Gasteiger partial charge in [-0.15, -0.1) is 5.11 Å². The Balaban J connectivity index is 1.82. The SMILES string of the molecule is CCOc1cccc(NC(=O)c2cc3ccccc3c(N=Nc3ccc(Cl)c(S(=O)(=O)O)c3CC)c2O)c1Cl. The highest BCUT2D eigenvalue weighted by atomic mass is 35.5. The predicted molar refractivity (Wildman–Crippen MR) is 151 cm³/mol. The Morgan fingerprint density at radius 3 is 2.46 bits per heavy atom. The maximum absolute atomic E-state index is 13.3. The predicted octanol–water partition coefficient (Wildman–Crippen LogP) is 7.73. The van der Waals surface area contributed by atoms with Gasteiger partial charge >= 0.3 is 0 Å². The Morgan fingerprint density at radius 1 is 1.03 bits per heavy atom. The second kappa shape index (κ2) is 11.6. The lowest BCUT2D eigenvalue weighted by Crippen LogP contribution is -2.13. The summed E-state index contributed by atoms with van der Waals surface area (Å²) in [6.07, 6.45) is 0.167. The molecular formula is C27H23Cl2N3O6S. The second-order valence-electron chi connectivity index (χ2n) is 8.25. The molecule has 0 aliphatic rings. The lowest BCUT2D eigenvalue weighted by Gasteiger charge is -2.14. The zero-order valence-corrected chi connectivity index (χ0v) is 23.1. The van der Waals surface area contributed by atoms with Crippen LogP contribution < -0.4 is 10.1 Å². The standard InChI is InChI=1S/C27H23Cl2N3O6S/c1-3-16-20(13-12-19(28)26(16)39(35,36)37)31-32-24-17-9-6-5-8-15(17)14-18(25(24)33)27(34)30-21-10-7-11-22(23(21)29)38-4-2/h5-14,33H,3-4H2,1-2H3,(H,30,34)(H,35,36,37). The highest BCUT2D eigenvalue weighted by Gasteiger charge is 2.23. The van der Waals surface area contributed by atoms with Gasteiger partial charge in [-0.1, -0.05) is 60.5 Å². The van der Waals surface area contributed by atoms with Crippen LogP contribution in [0.15, 0.2) is 75.8 Å². The zero-order chi connectivity index (χ0) is 28.3. The number of azo groups is 1. The Hall–Kier alpha value is -3.70. The van der Waals surface area contributed by atoms with E-state index in [-0.39, 0.29) is 44.7 Å². The molecule has 4 aromatic rings. The summed E-state index contributed by atoms with van der Waals surface area (Å²) in [5, 5.41) is 23.3. The molecule has 0 bridgehead atoms. The normalized spacial score (nSPS) is 11.7. The molecule has 0 saturated heterocycles. The minimum Gasteiger partial charge on any atom is -0.505 e. The second-order valence-corrected chi connectivity index (χ2v) is 10.4. The molecule has 202 valence electrons. The highest BCUT2D eigenvalue weighted by Crippen LogP contribution is 2.41. The fourth-order valence-corrected chi connectivity index (χ4v) is 5.63. The summed E-state index contributed by atoms with van der Waals surface area (Å²) in [5.74, 6) is -0.707. The monoisotopic (exact) mass is 587 g/mol. The molecule has 4 rings (SSSR count). The molecule has 12 heteroatoms. The van der Waals surface area contributed by atoms with Crippen molar-refractivity contribution in [2.24, 2.45) is 10.2 Å². The van der Waals surface area contributed by atoms with Gasteiger partial charge in [0.25, 0.3) is 16.0 Å². The molecule has 0 aliphatic carbocycles. The van der Waals surface area contributed by atoms with Crippen LogP contribution in [0.3, 0.4) is 0 Å². The first-order valence-electron chi connectivity index (χ1n) is 11.7. The Morgan fingerprint density at radius 2 is 1.77 bits per heavy atom. The number of aromatic hydroxyl groups is 1. The molecule has 3 N–H and O–H groups in total. The van der Waals surface area contributed by atoms with E-state index in [4.69, 9.17) is 27.9 Å². The number of hydrogen-bond acceptors (Lipinski definition) is 7. The molecule has 4 aromatic carbocycles. The van der Waals surface area contributed by atoms with Gasteiger partial charge in [-0.3, -0.25) is 9.35 Å². The molecule has 0 fully saturated rings. The minimum absolute atomic E-state index is 0.0159. The van der Waals surface area contributed by atoms with E-state index < -0.39 is 26.7 Å². The first kappa shape index (κ1) is 28.3. The molecular weight excluding hydrogens is 565 g/mol. The number of amides is 1. The van der Waals surface area contributed by atoms with Crippen LogP contribution in [-0.4, -0.2) is 30.6 Å². The summed E-state index contributed by atoms with van der Waals surface area (Å²) in [5.41, 5.74) is 0.446. The van der Waals surface area contributed by atoms with Gasteiger partial charge in [-0.25, -0.2) is 0 Å². The van der Waals surface area contributed by atoms with E-state index in [0.29, 0.717) is 23.1 Å². The molecule has 0 atom stereocenters. The maximum Gasteiger partial charge on any atom is 0.296 e. The van der Waals surface area contributed by atoms with E-state index in [2.05, 4.69) is 15.5 Å². The number of benzene rings is 4. The molecule has 0 radical (unpaired) electrons. The molecule has 0 spiro atoms. The number of nitrogens with one attached hydrogen (secondary N) is 1. The van der Waals surface area contributed by atoms with Crippen molar-refractivity contribution in [1.29, 1.82) is 0 Å². The summed E-state index contributed by atoms with van der Waals surface area (Å²) in [4.78, 5) is 12.8. The van der Waals surface area contributed by atoms with E-state index in [1.54, 1.807) is 49.4 Å². The number of carbonyl (C=O) groups excluding carboxylic acids is 1. The van der Waals surface area contributed by atoms with Crippen molar-refractivity contribution < 1.29 is 27.6 Å². The molecule has 0 heterocycles. The summed E-state index contributed by atoms with van der Waals surface area (Å²) < 4.78 is 39.0. The van der Waals surface area contributed by atoms with Gasteiger partial charge in [-0.05, 0) is 49.1 Å². The average Bonchev–Trinajstić information content (AvgIpc) is 2.89. The van der Waals surface area contributed by atoms with E-state index in [1.165, 1.54) is 18.2 Å². The van der Waals surface area contributed by atoms with Crippen LogP contribution in [0.1, 0.15) is 29.8 Å². The summed E-state index contributed by atoms with van der Waals surface area (Å²) in [6, 6.07) is 16.1. The number of anilines is 1. The number of halogens is 2. The number of phenolic OH excluding ortho intramolecular Hbond substituents is 1. The van der Waals surface area contributed by atoms with Gasteiger partial charge in [0.1, 0.15) is 21.4 Å². The number of fused-ring (bicyclic) bond motifs is 1. The maximum atomic E-state index is 13.3. The first-order valence-corrected chi connectivity index (χ1v) is 13.9. The van der Waals surface area contributed by atoms with Crippen molar-refractivity contribution >= 4 is 67.1 Å². The van der Waals surface area contributed by atoms with Gasteiger partial charge in [0.2, 0.25) is 0 Å². The summed E-state index contributed by atoms with van der Waals surface area (Å²) >= 11 is 12.4. The average molecular weight is 588 g/mol. The van der Waals surface area contributed by atoms with Crippen molar-refractivity contribution in [3.63, 3.8) is 0 Å². The van der Waals surface area contributed by atoms with Gasteiger partial charge in [0.15, 0.2) is 5.75 Å². The Kier molecular flexibility index (Phi) is 8.41. The highest BCUT2D eigenvalue weighted by molar-refractivity contribution is 7.86. The summed E-state index contributed by atoms with van der Waals surface area (Å²) in [7, 11) is -4.64. The molecule has 9 nitrogen and oxygen atoms in total. The van der Waals surface area contributed by atoms with Crippen molar-refractivity contribution in [3.8, 4) is 11.5 Å². The van der Waals surface area contributed by atoms with E-state index in [9.17, 15) is 22.9 Å². The van der Waals surface area contributed by atoms with Crippen LogP contribution in [0.4, 0.5) is 17.1 Å². The van der Waals surface area contributed by atoms with E-state index in [1.807, 2.05) is 6.92 Å². The molecule has 0 aromatic heterocycles. The third-order valence-corrected chi connectivity index (χ3v) is 7.61. The van der Waals surface area contributed by atoms with Gasteiger partial charge < -0.3 is 15.2 Å². The molecule has 1 amide bonds. The molecule has 0 saturated carbocycles. The topological polar surface area (TPSA) is 138 Å². The van der Waals surface area contributed by atoms with Crippen LogP contribution in [0, 0.1) is 0 Å². The minimum atomic E-state index is -4.64. The third kappa shape index (κ3) is 5.84. The van der Waals surface area contributed by atoms with Crippen LogP contribution in [0.5, 0.6) is 11.5 Å². The van der Waals surface area contributed by atoms with Gasteiger partial charge in [0.05, 0.1) is 28.6 Å². The number of phenols is 1. The molecule has 0 unspecified atom stereocenters.